The van der Waals surface area contributed by atoms with Gasteiger partial charge in [0, 0.05) is 30.3 Å². The minimum absolute atomic E-state index is 0.493. The SMILES string of the molecule is CC1CN(c2ccc(C(F)(F)F)cn2)CCS1. The standard InChI is InChI=1S/C11H13F3N2S/c1-8-7-16(4-5-17-8)10-3-2-9(6-15-10)11(12,13)14/h2-3,6,8H,4-5,7H2,1H3. The molecule has 2 nitrogen and oxygen atoms in total. The van der Waals surface area contributed by atoms with Crippen LogP contribution in [0.25, 0.3) is 0 Å². The molecular formula is C11H13F3N2S. The van der Waals surface area contributed by atoms with E-state index in [9.17, 15) is 13.2 Å². The van der Waals surface area contributed by atoms with Gasteiger partial charge in [0.25, 0.3) is 0 Å². The first-order valence-corrected chi connectivity index (χ1v) is 6.41. The van der Waals surface area contributed by atoms with Crippen LogP contribution in [0.4, 0.5) is 19.0 Å². The van der Waals surface area contributed by atoms with E-state index in [1.165, 1.54) is 6.07 Å². The van der Waals surface area contributed by atoms with Gasteiger partial charge in [-0.05, 0) is 12.1 Å². The summed E-state index contributed by atoms with van der Waals surface area (Å²) in [6.45, 7) is 3.79. The first kappa shape index (κ1) is 12.5. The van der Waals surface area contributed by atoms with Crippen molar-refractivity contribution in [1.82, 2.24) is 4.98 Å². The monoisotopic (exact) mass is 262 g/mol. The van der Waals surface area contributed by atoms with Crippen LogP contribution >= 0.6 is 11.8 Å². The first-order valence-electron chi connectivity index (χ1n) is 5.36. The van der Waals surface area contributed by atoms with E-state index < -0.39 is 11.7 Å². The zero-order valence-corrected chi connectivity index (χ0v) is 10.2. The summed E-state index contributed by atoms with van der Waals surface area (Å²) in [6.07, 6.45) is -3.40. The number of nitrogens with zero attached hydrogens (tertiary/aromatic N) is 2. The first-order chi connectivity index (χ1) is 7.97. The highest BCUT2D eigenvalue weighted by atomic mass is 32.2. The maximum absolute atomic E-state index is 12.4. The predicted molar refractivity (Wildman–Crippen MR) is 63.4 cm³/mol. The molecule has 1 unspecified atom stereocenters. The van der Waals surface area contributed by atoms with Crippen molar-refractivity contribution in [3.05, 3.63) is 23.9 Å². The molecule has 1 aromatic heterocycles. The number of anilines is 1. The van der Waals surface area contributed by atoms with E-state index in [1.54, 1.807) is 0 Å². The molecule has 2 rings (SSSR count). The van der Waals surface area contributed by atoms with E-state index in [0.29, 0.717) is 11.1 Å². The summed E-state index contributed by atoms with van der Waals surface area (Å²) >= 11 is 1.87. The molecule has 17 heavy (non-hydrogen) atoms. The Balaban J connectivity index is 2.12. The Morgan fingerprint density at radius 1 is 1.41 bits per heavy atom. The van der Waals surface area contributed by atoms with Gasteiger partial charge in [0.15, 0.2) is 0 Å². The molecule has 1 fully saturated rings. The third kappa shape index (κ3) is 3.06. The molecule has 0 saturated carbocycles. The molecule has 1 aliphatic rings. The second-order valence-corrected chi connectivity index (χ2v) is 5.58. The summed E-state index contributed by atoms with van der Waals surface area (Å²) in [5, 5.41) is 0.493. The lowest BCUT2D eigenvalue weighted by Crippen LogP contribution is -2.37. The molecule has 94 valence electrons. The van der Waals surface area contributed by atoms with Crippen molar-refractivity contribution in [1.29, 1.82) is 0 Å². The van der Waals surface area contributed by atoms with Crippen molar-refractivity contribution in [3.63, 3.8) is 0 Å². The summed E-state index contributed by atoms with van der Waals surface area (Å²) in [6, 6.07) is 2.54. The molecule has 1 saturated heterocycles. The minimum atomic E-state index is -4.31. The van der Waals surface area contributed by atoms with Crippen LogP contribution in [-0.4, -0.2) is 29.1 Å². The van der Waals surface area contributed by atoms with Crippen molar-refractivity contribution < 1.29 is 13.2 Å². The predicted octanol–water partition coefficient (Wildman–Crippen LogP) is 3.04. The number of thioether (sulfide) groups is 1. The summed E-state index contributed by atoms with van der Waals surface area (Å²) in [5.74, 6) is 1.62. The average Bonchev–Trinajstić information content (AvgIpc) is 2.28. The number of hydrogen-bond acceptors (Lipinski definition) is 3. The van der Waals surface area contributed by atoms with E-state index in [-0.39, 0.29) is 0 Å². The van der Waals surface area contributed by atoms with E-state index in [2.05, 4.69) is 11.9 Å². The number of pyridine rings is 1. The lowest BCUT2D eigenvalue weighted by Gasteiger charge is -2.31. The Hall–Kier alpha value is -0.910. The number of alkyl halides is 3. The van der Waals surface area contributed by atoms with E-state index in [0.717, 1.165) is 31.1 Å². The highest BCUT2D eigenvalue weighted by Gasteiger charge is 2.31. The fraction of sp³-hybridized carbons (Fsp3) is 0.545. The molecule has 0 aromatic carbocycles. The van der Waals surface area contributed by atoms with Crippen LogP contribution in [0.1, 0.15) is 12.5 Å². The molecule has 0 N–H and O–H groups in total. The Morgan fingerprint density at radius 3 is 2.71 bits per heavy atom. The zero-order valence-electron chi connectivity index (χ0n) is 9.37. The Morgan fingerprint density at radius 2 is 2.18 bits per heavy atom. The van der Waals surface area contributed by atoms with Gasteiger partial charge in [-0.3, -0.25) is 0 Å². The maximum Gasteiger partial charge on any atom is 0.417 e. The third-order valence-electron chi connectivity index (χ3n) is 2.64. The molecule has 1 atom stereocenters. The number of rotatable bonds is 1. The molecular weight excluding hydrogens is 249 g/mol. The second kappa shape index (κ2) is 4.76. The molecule has 0 amide bonds. The van der Waals surface area contributed by atoms with Crippen molar-refractivity contribution in [2.45, 2.75) is 18.3 Å². The van der Waals surface area contributed by atoms with Gasteiger partial charge in [-0.1, -0.05) is 6.92 Å². The summed E-state index contributed by atoms with van der Waals surface area (Å²) in [4.78, 5) is 5.93. The van der Waals surface area contributed by atoms with Crippen molar-refractivity contribution in [3.8, 4) is 0 Å². The van der Waals surface area contributed by atoms with E-state index >= 15 is 0 Å². The minimum Gasteiger partial charge on any atom is -0.355 e. The molecule has 2 heterocycles. The van der Waals surface area contributed by atoms with Gasteiger partial charge in [-0.25, -0.2) is 4.98 Å². The van der Waals surface area contributed by atoms with Gasteiger partial charge in [0.05, 0.1) is 5.56 Å². The number of hydrogen-bond donors (Lipinski definition) is 0. The molecule has 1 aromatic rings. The number of halogens is 3. The second-order valence-electron chi connectivity index (χ2n) is 4.03. The Kier molecular flexibility index (Phi) is 3.51. The van der Waals surface area contributed by atoms with E-state index in [4.69, 9.17) is 0 Å². The zero-order chi connectivity index (χ0) is 12.5. The van der Waals surface area contributed by atoms with Gasteiger partial charge < -0.3 is 4.90 Å². The molecule has 0 bridgehead atoms. The molecule has 0 spiro atoms. The van der Waals surface area contributed by atoms with Crippen LogP contribution in [0.2, 0.25) is 0 Å². The lowest BCUT2D eigenvalue weighted by atomic mass is 10.2. The number of aromatic nitrogens is 1. The normalized spacial score (nSPS) is 21.6. The largest absolute Gasteiger partial charge is 0.417 e. The topological polar surface area (TPSA) is 16.1 Å². The van der Waals surface area contributed by atoms with Crippen LogP contribution in [0.3, 0.4) is 0 Å². The van der Waals surface area contributed by atoms with Crippen LogP contribution in [-0.2, 0) is 6.18 Å². The fourth-order valence-corrected chi connectivity index (χ4v) is 2.78. The lowest BCUT2D eigenvalue weighted by molar-refractivity contribution is -0.137. The third-order valence-corrected chi connectivity index (χ3v) is 3.78. The van der Waals surface area contributed by atoms with Crippen LogP contribution in [0, 0.1) is 0 Å². The van der Waals surface area contributed by atoms with Crippen molar-refractivity contribution in [2.24, 2.45) is 0 Å². The van der Waals surface area contributed by atoms with E-state index in [1.807, 2.05) is 16.7 Å². The smallest absolute Gasteiger partial charge is 0.355 e. The van der Waals surface area contributed by atoms with Crippen LogP contribution in [0.5, 0.6) is 0 Å². The summed E-state index contributed by atoms with van der Waals surface area (Å²) in [5.41, 5.74) is -0.694. The van der Waals surface area contributed by atoms with Crippen LogP contribution < -0.4 is 4.90 Å². The summed E-state index contributed by atoms with van der Waals surface area (Å²) < 4.78 is 37.1. The quantitative estimate of drug-likeness (QED) is 0.774. The van der Waals surface area contributed by atoms with Gasteiger partial charge in [-0.2, -0.15) is 24.9 Å². The Bertz CT molecular complexity index is 377. The van der Waals surface area contributed by atoms with Crippen molar-refractivity contribution in [2.75, 3.05) is 23.7 Å². The fourth-order valence-electron chi connectivity index (χ4n) is 1.77. The van der Waals surface area contributed by atoms with Crippen LogP contribution in [0.15, 0.2) is 18.3 Å². The average molecular weight is 262 g/mol. The van der Waals surface area contributed by atoms with Gasteiger partial charge in [-0.15, -0.1) is 0 Å². The highest BCUT2D eigenvalue weighted by Crippen LogP contribution is 2.30. The Labute approximate surface area is 102 Å². The molecule has 6 heteroatoms. The van der Waals surface area contributed by atoms with Gasteiger partial charge in [0.2, 0.25) is 0 Å². The van der Waals surface area contributed by atoms with Gasteiger partial charge >= 0.3 is 6.18 Å². The highest BCUT2D eigenvalue weighted by molar-refractivity contribution is 8.00. The molecule has 0 aliphatic carbocycles. The maximum atomic E-state index is 12.4. The summed E-state index contributed by atoms with van der Waals surface area (Å²) in [7, 11) is 0. The van der Waals surface area contributed by atoms with Crippen molar-refractivity contribution >= 4 is 17.6 Å². The van der Waals surface area contributed by atoms with Gasteiger partial charge in [0.1, 0.15) is 5.82 Å². The molecule has 0 radical (unpaired) electrons. The molecule has 1 aliphatic heterocycles.